The largest absolute Gasteiger partial charge is 0.496 e. The molecule has 1 unspecified atom stereocenters. The third-order valence-electron chi connectivity index (χ3n) is 3.70. The molecule has 0 aliphatic heterocycles. The van der Waals surface area contributed by atoms with Gasteiger partial charge in [0.15, 0.2) is 0 Å². The number of rotatable bonds is 3. The van der Waals surface area contributed by atoms with Gasteiger partial charge in [-0.05, 0) is 47.3 Å². The number of aryl methyl sites for hydroxylation is 1. The van der Waals surface area contributed by atoms with Crippen molar-refractivity contribution in [3.05, 3.63) is 29.3 Å². The maximum absolute atomic E-state index is 5.48. The number of hydrogen-bond acceptors (Lipinski definition) is 1. The Hall–Kier alpha value is -0.980. The Kier molecular flexibility index (Phi) is 4.71. The Balaban J connectivity index is 3.18. The fraction of sp³-hybridized carbons (Fsp3) is 0.667. The lowest BCUT2D eigenvalue weighted by atomic mass is 9.69. The third kappa shape index (κ3) is 4.56. The molecule has 1 nitrogen and oxygen atoms in total. The van der Waals surface area contributed by atoms with Crippen LogP contribution in [0.25, 0.3) is 0 Å². The summed E-state index contributed by atoms with van der Waals surface area (Å²) in [4.78, 5) is 0. The zero-order valence-corrected chi connectivity index (χ0v) is 13.9. The lowest BCUT2D eigenvalue weighted by molar-refractivity contribution is 0.229. The molecule has 0 aliphatic carbocycles. The van der Waals surface area contributed by atoms with Crippen molar-refractivity contribution >= 4 is 0 Å². The van der Waals surface area contributed by atoms with Gasteiger partial charge in [0.2, 0.25) is 0 Å². The summed E-state index contributed by atoms with van der Waals surface area (Å²) >= 11 is 0. The number of ether oxygens (including phenoxy) is 1. The van der Waals surface area contributed by atoms with Crippen LogP contribution < -0.4 is 4.74 Å². The molecule has 1 rings (SSSR count). The van der Waals surface area contributed by atoms with Gasteiger partial charge in [-0.15, -0.1) is 0 Å². The minimum Gasteiger partial charge on any atom is -0.496 e. The minimum absolute atomic E-state index is 0.257. The van der Waals surface area contributed by atoms with Crippen molar-refractivity contribution in [2.24, 2.45) is 10.8 Å². The van der Waals surface area contributed by atoms with Crippen LogP contribution in [0.3, 0.4) is 0 Å². The Morgan fingerprint density at radius 1 is 1.05 bits per heavy atom. The molecular weight excluding hydrogens is 232 g/mol. The molecule has 19 heavy (non-hydrogen) atoms. The van der Waals surface area contributed by atoms with Crippen LogP contribution in [0.5, 0.6) is 5.75 Å². The SMILES string of the molecule is COc1cc(C(CC(C)(C)C)C(C)(C)C)ccc1C. The average molecular weight is 262 g/mol. The van der Waals surface area contributed by atoms with Crippen molar-refractivity contribution in [2.75, 3.05) is 7.11 Å². The molecule has 1 heteroatoms. The zero-order valence-electron chi connectivity index (χ0n) is 13.9. The van der Waals surface area contributed by atoms with E-state index in [0.29, 0.717) is 11.3 Å². The van der Waals surface area contributed by atoms with Gasteiger partial charge in [-0.3, -0.25) is 0 Å². The summed E-state index contributed by atoms with van der Waals surface area (Å²) in [6.07, 6.45) is 1.18. The van der Waals surface area contributed by atoms with Gasteiger partial charge in [0, 0.05) is 0 Å². The number of benzene rings is 1. The van der Waals surface area contributed by atoms with Crippen LogP contribution >= 0.6 is 0 Å². The predicted octanol–water partition coefficient (Wildman–Crippen LogP) is 5.57. The van der Waals surface area contributed by atoms with Gasteiger partial charge in [-0.2, -0.15) is 0 Å². The zero-order chi connectivity index (χ0) is 14.8. The maximum Gasteiger partial charge on any atom is 0.122 e. The van der Waals surface area contributed by atoms with Gasteiger partial charge in [-0.25, -0.2) is 0 Å². The molecule has 0 radical (unpaired) electrons. The van der Waals surface area contributed by atoms with Crippen LogP contribution in [0.1, 0.15) is 65.0 Å². The molecule has 0 aromatic heterocycles. The molecule has 0 saturated heterocycles. The summed E-state index contributed by atoms with van der Waals surface area (Å²) in [6.45, 7) is 16.0. The smallest absolute Gasteiger partial charge is 0.122 e. The van der Waals surface area contributed by atoms with E-state index in [1.54, 1.807) is 7.11 Å². The van der Waals surface area contributed by atoms with Crippen LogP contribution in [-0.4, -0.2) is 7.11 Å². The van der Waals surface area contributed by atoms with E-state index >= 15 is 0 Å². The van der Waals surface area contributed by atoms with E-state index in [4.69, 9.17) is 4.74 Å². The molecule has 0 N–H and O–H groups in total. The first-order valence-electron chi connectivity index (χ1n) is 7.19. The van der Waals surface area contributed by atoms with Gasteiger partial charge in [0.05, 0.1) is 7.11 Å². The van der Waals surface area contributed by atoms with Crippen LogP contribution in [0.4, 0.5) is 0 Å². The molecule has 0 aliphatic rings. The Morgan fingerprint density at radius 2 is 1.63 bits per heavy atom. The lowest BCUT2D eigenvalue weighted by Gasteiger charge is -2.36. The van der Waals surface area contributed by atoms with Crippen LogP contribution in [-0.2, 0) is 0 Å². The Morgan fingerprint density at radius 3 is 2.05 bits per heavy atom. The highest BCUT2D eigenvalue weighted by Gasteiger charge is 2.30. The monoisotopic (exact) mass is 262 g/mol. The summed E-state index contributed by atoms with van der Waals surface area (Å²) in [7, 11) is 1.75. The van der Waals surface area contributed by atoms with Crippen molar-refractivity contribution in [2.45, 2.75) is 60.8 Å². The molecule has 0 saturated carbocycles. The van der Waals surface area contributed by atoms with Crippen molar-refractivity contribution in [3.8, 4) is 5.75 Å². The topological polar surface area (TPSA) is 9.23 Å². The van der Waals surface area contributed by atoms with Crippen molar-refractivity contribution < 1.29 is 4.74 Å². The van der Waals surface area contributed by atoms with E-state index in [0.717, 1.165) is 5.75 Å². The van der Waals surface area contributed by atoms with E-state index in [-0.39, 0.29) is 5.41 Å². The van der Waals surface area contributed by atoms with E-state index in [9.17, 15) is 0 Å². The van der Waals surface area contributed by atoms with Gasteiger partial charge in [-0.1, -0.05) is 53.7 Å². The second-order valence-electron chi connectivity index (χ2n) is 7.91. The highest BCUT2D eigenvalue weighted by atomic mass is 16.5. The highest BCUT2D eigenvalue weighted by Crippen LogP contribution is 2.43. The van der Waals surface area contributed by atoms with Gasteiger partial charge in [0.1, 0.15) is 5.75 Å². The second kappa shape index (κ2) is 5.56. The number of methoxy groups -OCH3 is 1. The van der Waals surface area contributed by atoms with Gasteiger partial charge < -0.3 is 4.74 Å². The summed E-state index contributed by atoms with van der Waals surface area (Å²) in [5, 5.41) is 0. The summed E-state index contributed by atoms with van der Waals surface area (Å²) in [6, 6.07) is 6.66. The van der Waals surface area contributed by atoms with E-state index in [1.807, 2.05) is 0 Å². The molecule has 0 heterocycles. The Labute approximate surface area is 119 Å². The third-order valence-corrected chi connectivity index (χ3v) is 3.70. The first kappa shape index (κ1) is 16.1. The van der Waals surface area contributed by atoms with E-state index < -0.39 is 0 Å². The fourth-order valence-corrected chi connectivity index (χ4v) is 2.59. The first-order chi connectivity index (χ1) is 8.54. The normalized spacial score (nSPS) is 14.3. The average Bonchev–Trinajstić information content (AvgIpc) is 2.24. The number of hydrogen-bond donors (Lipinski definition) is 0. The quantitative estimate of drug-likeness (QED) is 0.692. The fourth-order valence-electron chi connectivity index (χ4n) is 2.59. The van der Waals surface area contributed by atoms with Crippen molar-refractivity contribution in [1.82, 2.24) is 0 Å². The first-order valence-corrected chi connectivity index (χ1v) is 7.19. The lowest BCUT2D eigenvalue weighted by Crippen LogP contribution is -2.23. The van der Waals surface area contributed by atoms with Crippen molar-refractivity contribution in [3.63, 3.8) is 0 Å². The van der Waals surface area contributed by atoms with E-state index in [1.165, 1.54) is 17.5 Å². The van der Waals surface area contributed by atoms with Gasteiger partial charge >= 0.3 is 0 Å². The second-order valence-corrected chi connectivity index (χ2v) is 7.91. The van der Waals surface area contributed by atoms with Crippen LogP contribution in [0.2, 0.25) is 0 Å². The van der Waals surface area contributed by atoms with Crippen LogP contribution in [0.15, 0.2) is 18.2 Å². The molecule has 1 aromatic rings. The summed E-state index contributed by atoms with van der Waals surface area (Å²) in [5.41, 5.74) is 3.18. The van der Waals surface area contributed by atoms with Crippen LogP contribution in [0, 0.1) is 17.8 Å². The van der Waals surface area contributed by atoms with Gasteiger partial charge in [0.25, 0.3) is 0 Å². The minimum atomic E-state index is 0.257. The maximum atomic E-state index is 5.48. The van der Waals surface area contributed by atoms with Crippen molar-refractivity contribution in [1.29, 1.82) is 0 Å². The molecule has 0 fully saturated rings. The highest BCUT2D eigenvalue weighted by molar-refractivity contribution is 5.38. The molecule has 0 spiro atoms. The summed E-state index contributed by atoms with van der Waals surface area (Å²) in [5.74, 6) is 1.54. The Bertz CT molecular complexity index is 418. The molecule has 0 amide bonds. The summed E-state index contributed by atoms with van der Waals surface area (Å²) < 4.78 is 5.48. The molecule has 0 bridgehead atoms. The molecule has 108 valence electrons. The standard InChI is InChI=1S/C18H30O/c1-13-9-10-14(11-16(13)19-8)15(18(5,6)7)12-17(2,3)4/h9-11,15H,12H2,1-8H3. The molecule has 1 aromatic carbocycles. The molecular formula is C18H30O. The van der Waals surface area contributed by atoms with E-state index in [2.05, 4.69) is 66.7 Å². The predicted molar refractivity (Wildman–Crippen MR) is 84.0 cm³/mol. The molecule has 1 atom stereocenters.